The van der Waals surface area contributed by atoms with Gasteiger partial charge < -0.3 is 5.32 Å². The molecule has 1 rings (SSSR count). The summed E-state index contributed by atoms with van der Waals surface area (Å²) in [6.45, 7) is 4.77. The Morgan fingerprint density at radius 1 is 1.29 bits per heavy atom. The van der Waals surface area contributed by atoms with E-state index in [-0.39, 0.29) is 5.92 Å². The van der Waals surface area contributed by atoms with Crippen molar-refractivity contribution in [3.63, 3.8) is 0 Å². The number of hydrogen-bond donors (Lipinski definition) is 1. The Hall–Kier alpha value is -1.33. The molecule has 2 atom stereocenters. The Balaban J connectivity index is 2.44. The third-order valence-electron chi connectivity index (χ3n) is 2.25. The first-order chi connectivity index (χ1) is 6.74. The van der Waals surface area contributed by atoms with E-state index < -0.39 is 0 Å². The van der Waals surface area contributed by atoms with Crippen LogP contribution in [0.3, 0.4) is 0 Å². The number of hydrogen-bond acceptors (Lipinski definition) is 2. The number of benzene rings is 1. The summed E-state index contributed by atoms with van der Waals surface area (Å²) in [5.74, 6) is 0.0705. The molecule has 0 bridgehead atoms. The molecule has 0 amide bonds. The van der Waals surface area contributed by atoms with E-state index in [1.54, 1.807) is 0 Å². The molecule has 2 unspecified atom stereocenters. The van der Waals surface area contributed by atoms with Crippen LogP contribution >= 0.6 is 0 Å². The molecule has 0 spiro atoms. The molecule has 2 nitrogen and oxygen atoms in total. The molecule has 1 aromatic rings. The number of nitrogens with zero attached hydrogens (tertiary/aromatic N) is 1. The van der Waals surface area contributed by atoms with Gasteiger partial charge in [0.15, 0.2) is 0 Å². The normalized spacial score (nSPS) is 14.4. The SMILES string of the molecule is CC(C#N)CNC(C)c1ccccc1. The van der Waals surface area contributed by atoms with E-state index in [1.807, 2.05) is 25.1 Å². The third kappa shape index (κ3) is 3.20. The zero-order chi connectivity index (χ0) is 10.4. The fourth-order valence-corrected chi connectivity index (χ4v) is 1.26. The minimum atomic E-state index is 0.0705. The van der Waals surface area contributed by atoms with Gasteiger partial charge in [-0.25, -0.2) is 0 Å². The van der Waals surface area contributed by atoms with Crippen molar-refractivity contribution in [2.24, 2.45) is 5.92 Å². The van der Waals surface area contributed by atoms with Crippen molar-refractivity contribution < 1.29 is 0 Å². The van der Waals surface area contributed by atoms with E-state index in [0.717, 1.165) is 6.54 Å². The lowest BCUT2D eigenvalue weighted by Gasteiger charge is -2.14. The Morgan fingerprint density at radius 3 is 2.50 bits per heavy atom. The van der Waals surface area contributed by atoms with Crippen LogP contribution in [0.4, 0.5) is 0 Å². The maximum Gasteiger partial charge on any atom is 0.0666 e. The van der Waals surface area contributed by atoms with Crippen LogP contribution in [0.1, 0.15) is 25.5 Å². The standard InChI is InChI=1S/C12H16N2/c1-10(8-13)9-14-11(2)12-6-4-3-5-7-12/h3-7,10-11,14H,9H2,1-2H3. The average Bonchev–Trinajstić information content (AvgIpc) is 2.26. The van der Waals surface area contributed by atoms with Crippen molar-refractivity contribution in [1.29, 1.82) is 5.26 Å². The molecule has 1 aromatic carbocycles. The molecule has 0 heterocycles. The zero-order valence-corrected chi connectivity index (χ0v) is 8.70. The fourth-order valence-electron chi connectivity index (χ4n) is 1.26. The van der Waals surface area contributed by atoms with Gasteiger partial charge in [-0.15, -0.1) is 0 Å². The van der Waals surface area contributed by atoms with Crippen molar-refractivity contribution >= 4 is 0 Å². The fraction of sp³-hybridized carbons (Fsp3) is 0.417. The van der Waals surface area contributed by atoms with Gasteiger partial charge in [0.2, 0.25) is 0 Å². The first kappa shape index (κ1) is 10.7. The molecule has 2 heteroatoms. The average molecular weight is 188 g/mol. The lowest BCUT2D eigenvalue weighted by Crippen LogP contribution is -2.23. The molecule has 14 heavy (non-hydrogen) atoms. The van der Waals surface area contributed by atoms with E-state index in [2.05, 4.69) is 30.4 Å². The Morgan fingerprint density at radius 2 is 1.93 bits per heavy atom. The van der Waals surface area contributed by atoms with Gasteiger partial charge in [0.1, 0.15) is 0 Å². The largest absolute Gasteiger partial charge is 0.309 e. The van der Waals surface area contributed by atoms with Crippen molar-refractivity contribution in [2.75, 3.05) is 6.54 Å². The van der Waals surface area contributed by atoms with Gasteiger partial charge in [-0.05, 0) is 19.4 Å². The highest BCUT2D eigenvalue weighted by Crippen LogP contribution is 2.11. The van der Waals surface area contributed by atoms with Crippen molar-refractivity contribution in [3.05, 3.63) is 35.9 Å². The Kier molecular flexibility index (Phi) is 4.15. The zero-order valence-electron chi connectivity index (χ0n) is 8.70. The first-order valence-electron chi connectivity index (χ1n) is 4.92. The van der Waals surface area contributed by atoms with Gasteiger partial charge in [0.05, 0.1) is 12.0 Å². The smallest absolute Gasteiger partial charge is 0.0666 e. The molecular weight excluding hydrogens is 172 g/mol. The van der Waals surface area contributed by atoms with Crippen LogP contribution in [0.5, 0.6) is 0 Å². The van der Waals surface area contributed by atoms with Crippen LogP contribution in [0.2, 0.25) is 0 Å². The predicted octanol–water partition coefficient (Wildman–Crippen LogP) is 2.50. The molecule has 0 saturated carbocycles. The summed E-state index contributed by atoms with van der Waals surface area (Å²) in [5.41, 5.74) is 1.26. The molecule has 0 aliphatic carbocycles. The molecule has 74 valence electrons. The van der Waals surface area contributed by atoms with Gasteiger partial charge in [-0.3, -0.25) is 0 Å². The second-order valence-corrected chi connectivity index (χ2v) is 3.57. The van der Waals surface area contributed by atoms with Crippen LogP contribution in [0.25, 0.3) is 0 Å². The summed E-state index contributed by atoms with van der Waals surface area (Å²) in [6, 6.07) is 12.8. The highest BCUT2D eigenvalue weighted by atomic mass is 14.9. The van der Waals surface area contributed by atoms with Crippen LogP contribution < -0.4 is 5.32 Å². The van der Waals surface area contributed by atoms with Gasteiger partial charge in [0.25, 0.3) is 0 Å². The summed E-state index contributed by atoms with van der Waals surface area (Å²) in [7, 11) is 0. The van der Waals surface area contributed by atoms with E-state index in [9.17, 15) is 0 Å². The van der Waals surface area contributed by atoms with Crippen LogP contribution in [-0.4, -0.2) is 6.54 Å². The second-order valence-electron chi connectivity index (χ2n) is 3.57. The summed E-state index contributed by atoms with van der Waals surface area (Å²) in [5, 5.41) is 12.0. The topological polar surface area (TPSA) is 35.8 Å². The Bertz CT molecular complexity index is 300. The number of nitriles is 1. The van der Waals surface area contributed by atoms with Crippen LogP contribution in [0.15, 0.2) is 30.3 Å². The molecule has 0 aromatic heterocycles. The summed E-state index contributed by atoms with van der Waals surface area (Å²) in [4.78, 5) is 0. The van der Waals surface area contributed by atoms with Gasteiger partial charge in [-0.1, -0.05) is 30.3 Å². The molecule has 0 radical (unpaired) electrons. The lowest BCUT2D eigenvalue weighted by molar-refractivity contribution is 0.528. The van der Waals surface area contributed by atoms with E-state index >= 15 is 0 Å². The summed E-state index contributed by atoms with van der Waals surface area (Å²) >= 11 is 0. The van der Waals surface area contributed by atoms with E-state index in [0.29, 0.717) is 6.04 Å². The third-order valence-corrected chi connectivity index (χ3v) is 2.25. The number of rotatable bonds is 4. The van der Waals surface area contributed by atoms with Crippen LogP contribution in [0, 0.1) is 17.2 Å². The molecule has 0 fully saturated rings. The van der Waals surface area contributed by atoms with Crippen LogP contribution in [-0.2, 0) is 0 Å². The summed E-state index contributed by atoms with van der Waals surface area (Å²) in [6.07, 6.45) is 0. The van der Waals surface area contributed by atoms with E-state index in [4.69, 9.17) is 5.26 Å². The van der Waals surface area contributed by atoms with Gasteiger partial charge >= 0.3 is 0 Å². The maximum atomic E-state index is 8.63. The molecule has 0 saturated heterocycles. The monoisotopic (exact) mass is 188 g/mol. The lowest BCUT2D eigenvalue weighted by atomic mass is 10.1. The minimum absolute atomic E-state index is 0.0705. The molecule has 0 aliphatic rings. The molecule has 0 aliphatic heterocycles. The van der Waals surface area contributed by atoms with Crippen molar-refractivity contribution in [3.8, 4) is 6.07 Å². The molecule has 1 N–H and O–H groups in total. The quantitative estimate of drug-likeness (QED) is 0.788. The second kappa shape index (κ2) is 5.41. The first-order valence-corrected chi connectivity index (χ1v) is 4.92. The molecular formula is C12H16N2. The predicted molar refractivity (Wildman–Crippen MR) is 57.6 cm³/mol. The van der Waals surface area contributed by atoms with Gasteiger partial charge in [0, 0.05) is 12.6 Å². The van der Waals surface area contributed by atoms with Crippen molar-refractivity contribution in [1.82, 2.24) is 5.32 Å². The number of nitrogens with one attached hydrogen (secondary N) is 1. The Labute approximate surface area is 85.6 Å². The maximum absolute atomic E-state index is 8.63. The highest BCUT2D eigenvalue weighted by molar-refractivity contribution is 5.18. The van der Waals surface area contributed by atoms with E-state index in [1.165, 1.54) is 5.56 Å². The summed E-state index contributed by atoms with van der Waals surface area (Å²) < 4.78 is 0. The van der Waals surface area contributed by atoms with Gasteiger partial charge in [-0.2, -0.15) is 5.26 Å². The highest BCUT2D eigenvalue weighted by Gasteiger charge is 2.05. The van der Waals surface area contributed by atoms with Crippen molar-refractivity contribution in [2.45, 2.75) is 19.9 Å². The minimum Gasteiger partial charge on any atom is -0.309 e.